The van der Waals surface area contributed by atoms with Crippen LogP contribution in [0.5, 0.6) is 0 Å². The van der Waals surface area contributed by atoms with E-state index in [0.29, 0.717) is 0 Å². The quantitative estimate of drug-likeness (QED) is 0.558. The lowest BCUT2D eigenvalue weighted by atomic mass is 10.2. The van der Waals surface area contributed by atoms with Crippen LogP contribution in [0.25, 0.3) is 5.65 Å². The Labute approximate surface area is 90.0 Å². The van der Waals surface area contributed by atoms with Crippen molar-refractivity contribution in [3.63, 3.8) is 0 Å². The lowest BCUT2D eigenvalue weighted by Crippen LogP contribution is -2.30. The minimum atomic E-state index is 0.786. The molecule has 0 aromatic carbocycles. The first-order chi connectivity index (χ1) is 7.31. The summed E-state index contributed by atoms with van der Waals surface area (Å²) in [5, 5.41) is 6.10. The molecule has 0 aliphatic heterocycles. The van der Waals surface area contributed by atoms with E-state index in [9.17, 15) is 0 Å². The van der Waals surface area contributed by atoms with Gasteiger partial charge in [0.05, 0.1) is 5.69 Å². The van der Waals surface area contributed by atoms with Crippen LogP contribution in [-0.2, 0) is 6.54 Å². The van der Waals surface area contributed by atoms with E-state index in [0.717, 1.165) is 17.9 Å². The van der Waals surface area contributed by atoms with Crippen molar-refractivity contribution in [2.45, 2.75) is 13.5 Å². The first-order valence-corrected chi connectivity index (χ1v) is 4.97. The van der Waals surface area contributed by atoms with E-state index in [1.165, 1.54) is 5.69 Å². The number of hydrogen-bond donors (Lipinski definition) is 2. The van der Waals surface area contributed by atoms with Gasteiger partial charge in [-0.05, 0) is 26.1 Å². The van der Waals surface area contributed by atoms with E-state index in [-0.39, 0.29) is 0 Å². The Hall–Kier alpha value is -1.33. The molecule has 0 saturated carbocycles. The summed E-state index contributed by atoms with van der Waals surface area (Å²) in [7, 11) is 3.69. The Bertz CT molecular complexity index is 452. The van der Waals surface area contributed by atoms with Gasteiger partial charge in [0.2, 0.25) is 0 Å². The van der Waals surface area contributed by atoms with Crippen LogP contribution < -0.4 is 10.5 Å². The third-order valence-electron chi connectivity index (χ3n) is 2.23. The average molecular weight is 201 g/mol. The summed E-state index contributed by atoms with van der Waals surface area (Å²) >= 11 is 0. The number of nitrogens with one attached hydrogen (secondary N) is 2. The van der Waals surface area contributed by atoms with Crippen molar-refractivity contribution in [1.82, 2.24) is 19.8 Å². The normalized spacial score (nSPS) is 10.8. The third-order valence-corrected chi connectivity index (χ3v) is 2.23. The maximum atomic E-state index is 4.41. The van der Waals surface area contributed by atoms with E-state index in [2.05, 4.69) is 25.9 Å². The van der Waals surface area contributed by atoms with E-state index < -0.39 is 0 Å². The molecule has 1 radical (unpaired) electrons. The molecule has 0 unspecified atom stereocenters. The molecule has 0 fully saturated rings. The van der Waals surface area contributed by atoms with E-state index >= 15 is 0 Å². The lowest BCUT2D eigenvalue weighted by Gasteiger charge is -2.05. The van der Waals surface area contributed by atoms with Gasteiger partial charge in [-0.1, -0.05) is 6.07 Å². The molecule has 2 aromatic heterocycles. The molecule has 0 aliphatic rings. The summed E-state index contributed by atoms with van der Waals surface area (Å²) in [4.78, 5) is 4.41. The maximum Gasteiger partial charge on any atom is 0.307 e. The van der Waals surface area contributed by atoms with Crippen molar-refractivity contribution in [3.05, 3.63) is 35.8 Å². The number of nitrogens with zero attached hydrogens (tertiary/aromatic N) is 2. The highest BCUT2D eigenvalue weighted by atomic mass is 15.0. The second kappa shape index (κ2) is 4.46. The fourth-order valence-corrected chi connectivity index (χ4v) is 1.59. The molecule has 5 heteroatoms. The van der Waals surface area contributed by atoms with Crippen molar-refractivity contribution in [2.24, 2.45) is 0 Å². The third kappa shape index (κ3) is 2.19. The molecule has 4 nitrogen and oxygen atoms in total. The van der Waals surface area contributed by atoms with Crippen LogP contribution in [-0.4, -0.2) is 24.0 Å². The average Bonchev–Trinajstić information content (AvgIpc) is 2.59. The standard InChI is InChI=1S/C10H14BN4/c1-8-7-15-9(6-13-11-12-2)4-3-5-10(15)14-8/h3-5,7,12-13H,6H2,1-2H3. The molecule has 2 heterocycles. The molecule has 2 aromatic rings. The summed E-state index contributed by atoms with van der Waals surface area (Å²) in [6.45, 7) is 2.79. The molecular formula is C10H14BN4. The van der Waals surface area contributed by atoms with Gasteiger partial charge in [-0.3, -0.25) is 0 Å². The van der Waals surface area contributed by atoms with Crippen molar-refractivity contribution in [1.29, 1.82) is 0 Å². The molecule has 15 heavy (non-hydrogen) atoms. The van der Waals surface area contributed by atoms with Crippen molar-refractivity contribution < 1.29 is 0 Å². The van der Waals surface area contributed by atoms with Gasteiger partial charge < -0.3 is 14.9 Å². The van der Waals surface area contributed by atoms with Gasteiger partial charge in [-0.25, -0.2) is 4.98 Å². The fraction of sp³-hybridized carbons (Fsp3) is 0.300. The minimum Gasteiger partial charge on any atom is -0.348 e. The highest BCUT2D eigenvalue weighted by Crippen LogP contribution is 2.08. The maximum absolute atomic E-state index is 4.41. The number of imidazole rings is 1. The van der Waals surface area contributed by atoms with Gasteiger partial charge in [0, 0.05) is 18.4 Å². The van der Waals surface area contributed by atoms with Crippen LogP contribution in [0.4, 0.5) is 0 Å². The monoisotopic (exact) mass is 201 g/mol. The molecule has 2 rings (SSSR count). The SMILES string of the molecule is CN[B]NCc1cccc2nc(C)cn12. The van der Waals surface area contributed by atoms with Gasteiger partial charge >= 0.3 is 7.55 Å². The zero-order valence-corrected chi connectivity index (χ0v) is 8.99. The van der Waals surface area contributed by atoms with Crippen LogP contribution in [0, 0.1) is 6.92 Å². The summed E-state index contributed by atoms with van der Waals surface area (Å²) in [6, 6.07) is 6.13. The Morgan fingerprint density at radius 3 is 3.13 bits per heavy atom. The van der Waals surface area contributed by atoms with Crippen molar-refractivity contribution in [2.75, 3.05) is 7.05 Å². The molecule has 0 spiro atoms. The number of rotatable bonds is 4. The second-order valence-corrected chi connectivity index (χ2v) is 3.44. The highest BCUT2D eigenvalue weighted by molar-refractivity contribution is 6.28. The van der Waals surface area contributed by atoms with Gasteiger partial charge in [0.15, 0.2) is 0 Å². The highest BCUT2D eigenvalue weighted by Gasteiger charge is 2.01. The number of aryl methyl sites for hydroxylation is 1. The summed E-state index contributed by atoms with van der Waals surface area (Å²) in [5.41, 5.74) is 3.23. The lowest BCUT2D eigenvalue weighted by molar-refractivity contribution is 0.860. The number of pyridine rings is 1. The molecule has 0 atom stereocenters. The van der Waals surface area contributed by atoms with Gasteiger partial charge in [-0.15, -0.1) is 0 Å². The molecule has 0 aliphatic carbocycles. The summed E-state index contributed by atoms with van der Waals surface area (Å²) < 4.78 is 2.10. The van der Waals surface area contributed by atoms with E-state index in [1.807, 2.05) is 39.9 Å². The second-order valence-electron chi connectivity index (χ2n) is 3.44. The van der Waals surface area contributed by atoms with Gasteiger partial charge in [0.25, 0.3) is 0 Å². The molecule has 2 N–H and O–H groups in total. The first-order valence-electron chi connectivity index (χ1n) is 4.97. The van der Waals surface area contributed by atoms with Gasteiger partial charge in [-0.2, -0.15) is 0 Å². The molecule has 0 amide bonds. The van der Waals surface area contributed by atoms with Crippen molar-refractivity contribution >= 4 is 13.2 Å². The van der Waals surface area contributed by atoms with Gasteiger partial charge in [0.1, 0.15) is 5.65 Å². The smallest absolute Gasteiger partial charge is 0.307 e. The molecule has 77 valence electrons. The van der Waals surface area contributed by atoms with E-state index in [1.54, 1.807) is 0 Å². The van der Waals surface area contributed by atoms with E-state index in [4.69, 9.17) is 0 Å². The first kappa shape index (κ1) is 10.2. The van der Waals surface area contributed by atoms with Crippen LogP contribution >= 0.6 is 0 Å². The molecule has 0 saturated heterocycles. The molecule has 0 bridgehead atoms. The zero-order chi connectivity index (χ0) is 10.7. The van der Waals surface area contributed by atoms with Crippen molar-refractivity contribution in [3.8, 4) is 0 Å². The fourth-order valence-electron chi connectivity index (χ4n) is 1.59. The van der Waals surface area contributed by atoms with Crippen LogP contribution in [0.15, 0.2) is 24.4 Å². The van der Waals surface area contributed by atoms with Crippen LogP contribution in [0.3, 0.4) is 0 Å². The zero-order valence-electron chi connectivity index (χ0n) is 8.99. The summed E-state index contributed by atoms with van der Waals surface area (Å²) in [6.07, 6.45) is 2.05. The topological polar surface area (TPSA) is 41.4 Å². The van der Waals surface area contributed by atoms with Crippen LogP contribution in [0.1, 0.15) is 11.4 Å². The Morgan fingerprint density at radius 1 is 1.47 bits per heavy atom. The largest absolute Gasteiger partial charge is 0.348 e. The Balaban J connectivity index is 2.25. The minimum absolute atomic E-state index is 0.786. The number of aromatic nitrogens is 2. The molecular weight excluding hydrogens is 187 g/mol. The number of hydrogen-bond acceptors (Lipinski definition) is 3. The Morgan fingerprint density at radius 2 is 2.33 bits per heavy atom. The Kier molecular flexibility index (Phi) is 3.04. The van der Waals surface area contributed by atoms with Crippen LogP contribution in [0.2, 0.25) is 0 Å². The predicted molar refractivity (Wildman–Crippen MR) is 61.6 cm³/mol. The summed E-state index contributed by atoms with van der Waals surface area (Å²) in [5.74, 6) is 0. The number of fused-ring (bicyclic) bond motifs is 1. The predicted octanol–water partition coefficient (Wildman–Crippen LogP) is 0.486.